The number of Topliss-reactive ketones (excluding diaryl/α,β-unsaturated/α-hetero) is 1. The zero-order valence-electron chi connectivity index (χ0n) is 14.7. The summed E-state index contributed by atoms with van der Waals surface area (Å²) in [4.78, 5) is 11.4. The summed E-state index contributed by atoms with van der Waals surface area (Å²) in [5.41, 5.74) is 0. The predicted molar refractivity (Wildman–Crippen MR) is 92.8 cm³/mol. The smallest absolute Gasteiger partial charge is 0.132 e. The standard InChI is InChI=1S/C21H36O/c1-16-2-4-17(5-3-16)14-18-6-8-19(9-7-18)15-20-10-12-21(22)13-11-20/h16-20H,2-15H2,1H3. The Labute approximate surface area is 137 Å². The van der Waals surface area contributed by atoms with Crippen LogP contribution in [-0.2, 0) is 4.79 Å². The molecule has 0 saturated heterocycles. The lowest BCUT2D eigenvalue weighted by Gasteiger charge is -2.35. The Morgan fingerprint density at radius 3 is 1.45 bits per heavy atom. The highest BCUT2D eigenvalue weighted by atomic mass is 16.1. The van der Waals surface area contributed by atoms with Gasteiger partial charge in [-0.15, -0.1) is 0 Å². The topological polar surface area (TPSA) is 17.1 Å². The Balaban J connectivity index is 1.33. The molecular formula is C21H36O. The average molecular weight is 305 g/mol. The molecule has 0 aromatic heterocycles. The maximum atomic E-state index is 11.4. The minimum absolute atomic E-state index is 0.516. The highest BCUT2D eigenvalue weighted by Crippen LogP contribution is 2.40. The lowest BCUT2D eigenvalue weighted by Crippen LogP contribution is -2.22. The summed E-state index contributed by atoms with van der Waals surface area (Å²) in [6.45, 7) is 2.43. The molecule has 0 aromatic carbocycles. The van der Waals surface area contributed by atoms with Gasteiger partial charge in [-0.25, -0.2) is 0 Å². The Bertz CT molecular complexity index is 335. The average Bonchev–Trinajstić information content (AvgIpc) is 2.54. The molecule has 0 aromatic rings. The fourth-order valence-electron chi connectivity index (χ4n) is 5.45. The van der Waals surface area contributed by atoms with E-state index in [1.54, 1.807) is 0 Å². The predicted octanol–water partition coefficient (Wildman–Crippen LogP) is 6.16. The Kier molecular flexibility index (Phi) is 5.99. The van der Waals surface area contributed by atoms with Gasteiger partial charge in [0.15, 0.2) is 0 Å². The molecule has 0 radical (unpaired) electrons. The maximum absolute atomic E-state index is 11.4. The van der Waals surface area contributed by atoms with Crippen molar-refractivity contribution in [1.29, 1.82) is 0 Å². The monoisotopic (exact) mass is 304 g/mol. The summed E-state index contributed by atoms with van der Waals surface area (Å²) in [6.07, 6.45) is 19.1. The second kappa shape index (κ2) is 7.97. The molecule has 0 N–H and O–H groups in total. The van der Waals surface area contributed by atoms with Crippen molar-refractivity contribution in [3.05, 3.63) is 0 Å². The van der Waals surface area contributed by atoms with Crippen LogP contribution in [0.2, 0.25) is 0 Å². The number of hydrogen-bond acceptors (Lipinski definition) is 1. The Morgan fingerprint density at radius 2 is 1.00 bits per heavy atom. The van der Waals surface area contributed by atoms with Crippen LogP contribution in [0.4, 0.5) is 0 Å². The van der Waals surface area contributed by atoms with E-state index in [0.29, 0.717) is 5.78 Å². The first-order chi connectivity index (χ1) is 10.7. The van der Waals surface area contributed by atoms with Crippen molar-refractivity contribution in [2.75, 3.05) is 0 Å². The van der Waals surface area contributed by atoms with Crippen molar-refractivity contribution in [2.24, 2.45) is 29.6 Å². The van der Waals surface area contributed by atoms with E-state index in [0.717, 1.165) is 42.4 Å². The van der Waals surface area contributed by atoms with Crippen molar-refractivity contribution in [3.63, 3.8) is 0 Å². The van der Waals surface area contributed by atoms with Gasteiger partial charge in [-0.05, 0) is 55.3 Å². The molecule has 22 heavy (non-hydrogen) atoms. The summed E-state index contributed by atoms with van der Waals surface area (Å²) in [7, 11) is 0. The van der Waals surface area contributed by atoms with Crippen LogP contribution in [0.3, 0.4) is 0 Å². The molecule has 3 aliphatic carbocycles. The fourth-order valence-corrected chi connectivity index (χ4v) is 5.45. The second-order valence-corrected chi connectivity index (χ2v) is 8.97. The van der Waals surface area contributed by atoms with E-state index in [4.69, 9.17) is 0 Å². The van der Waals surface area contributed by atoms with E-state index < -0.39 is 0 Å². The van der Waals surface area contributed by atoms with Gasteiger partial charge in [-0.2, -0.15) is 0 Å². The van der Waals surface area contributed by atoms with Gasteiger partial charge in [0.25, 0.3) is 0 Å². The summed E-state index contributed by atoms with van der Waals surface area (Å²) in [5.74, 6) is 5.47. The van der Waals surface area contributed by atoms with E-state index in [2.05, 4.69) is 6.92 Å². The first-order valence-electron chi connectivity index (χ1n) is 10.2. The van der Waals surface area contributed by atoms with Gasteiger partial charge in [0.1, 0.15) is 5.78 Å². The van der Waals surface area contributed by atoms with E-state index in [1.807, 2.05) is 0 Å². The molecule has 0 atom stereocenters. The minimum atomic E-state index is 0.516. The summed E-state index contributed by atoms with van der Waals surface area (Å²) < 4.78 is 0. The quantitative estimate of drug-likeness (QED) is 0.608. The summed E-state index contributed by atoms with van der Waals surface area (Å²) in [6, 6.07) is 0. The largest absolute Gasteiger partial charge is 0.300 e. The maximum Gasteiger partial charge on any atom is 0.132 e. The van der Waals surface area contributed by atoms with Crippen LogP contribution in [-0.4, -0.2) is 5.78 Å². The van der Waals surface area contributed by atoms with Crippen molar-refractivity contribution >= 4 is 5.78 Å². The van der Waals surface area contributed by atoms with Gasteiger partial charge in [-0.1, -0.05) is 58.3 Å². The highest BCUT2D eigenvalue weighted by molar-refractivity contribution is 5.78. The van der Waals surface area contributed by atoms with Crippen LogP contribution in [0.25, 0.3) is 0 Å². The molecule has 0 spiro atoms. The molecule has 0 bridgehead atoms. The molecule has 1 heteroatoms. The lowest BCUT2D eigenvalue weighted by atomic mass is 9.71. The zero-order chi connectivity index (χ0) is 15.4. The first kappa shape index (κ1) is 16.5. The number of carbonyl (C=O) groups excluding carboxylic acids is 1. The van der Waals surface area contributed by atoms with Crippen LogP contribution in [0.1, 0.15) is 96.8 Å². The first-order valence-corrected chi connectivity index (χ1v) is 10.2. The van der Waals surface area contributed by atoms with E-state index in [9.17, 15) is 4.79 Å². The number of rotatable bonds is 4. The van der Waals surface area contributed by atoms with Crippen molar-refractivity contribution in [1.82, 2.24) is 0 Å². The fraction of sp³-hybridized carbons (Fsp3) is 0.952. The Hall–Kier alpha value is -0.330. The van der Waals surface area contributed by atoms with Gasteiger partial charge >= 0.3 is 0 Å². The third kappa shape index (κ3) is 4.83. The van der Waals surface area contributed by atoms with Gasteiger partial charge in [0.05, 0.1) is 0 Å². The van der Waals surface area contributed by atoms with Gasteiger partial charge < -0.3 is 0 Å². The molecule has 3 aliphatic rings. The van der Waals surface area contributed by atoms with Crippen molar-refractivity contribution in [3.8, 4) is 0 Å². The Morgan fingerprint density at radius 1 is 0.636 bits per heavy atom. The summed E-state index contributed by atoms with van der Waals surface area (Å²) in [5, 5.41) is 0. The van der Waals surface area contributed by atoms with Crippen LogP contribution >= 0.6 is 0 Å². The molecule has 0 aliphatic heterocycles. The van der Waals surface area contributed by atoms with Crippen molar-refractivity contribution < 1.29 is 4.79 Å². The zero-order valence-corrected chi connectivity index (χ0v) is 14.7. The summed E-state index contributed by atoms with van der Waals surface area (Å²) >= 11 is 0. The third-order valence-corrected chi connectivity index (χ3v) is 7.10. The van der Waals surface area contributed by atoms with Gasteiger partial charge in [-0.3, -0.25) is 4.79 Å². The minimum Gasteiger partial charge on any atom is -0.300 e. The number of hydrogen-bond donors (Lipinski definition) is 0. The molecule has 3 rings (SSSR count). The molecule has 1 nitrogen and oxygen atoms in total. The molecule has 0 heterocycles. The molecule has 0 unspecified atom stereocenters. The molecule has 3 fully saturated rings. The molecule has 0 amide bonds. The second-order valence-electron chi connectivity index (χ2n) is 8.97. The third-order valence-electron chi connectivity index (χ3n) is 7.10. The molecule has 126 valence electrons. The number of carbonyl (C=O) groups is 1. The van der Waals surface area contributed by atoms with Crippen LogP contribution < -0.4 is 0 Å². The van der Waals surface area contributed by atoms with Crippen LogP contribution in [0.5, 0.6) is 0 Å². The number of ketones is 1. The van der Waals surface area contributed by atoms with E-state index in [-0.39, 0.29) is 0 Å². The van der Waals surface area contributed by atoms with E-state index >= 15 is 0 Å². The van der Waals surface area contributed by atoms with Crippen LogP contribution in [0, 0.1) is 29.6 Å². The SMILES string of the molecule is CC1CCC(CC2CCC(CC3CCC(=O)CC3)CC2)CC1. The van der Waals surface area contributed by atoms with Crippen molar-refractivity contribution in [2.45, 2.75) is 96.8 Å². The van der Waals surface area contributed by atoms with Crippen LogP contribution in [0.15, 0.2) is 0 Å². The highest BCUT2D eigenvalue weighted by Gasteiger charge is 2.28. The normalized spacial score (nSPS) is 38.1. The lowest BCUT2D eigenvalue weighted by molar-refractivity contribution is -0.121. The van der Waals surface area contributed by atoms with Gasteiger partial charge in [0.2, 0.25) is 0 Å². The molecule has 3 saturated carbocycles. The van der Waals surface area contributed by atoms with E-state index in [1.165, 1.54) is 77.0 Å². The molecular weight excluding hydrogens is 268 g/mol. The van der Waals surface area contributed by atoms with Gasteiger partial charge in [0, 0.05) is 12.8 Å².